The number of hydrogen-bond acceptors (Lipinski definition) is 8. The van der Waals surface area contributed by atoms with Gasteiger partial charge in [0.2, 0.25) is 0 Å². The Morgan fingerprint density at radius 3 is 2.61 bits per heavy atom. The summed E-state index contributed by atoms with van der Waals surface area (Å²) in [5.41, 5.74) is 3.16. The van der Waals surface area contributed by atoms with E-state index in [4.69, 9.17) is 9.47 Å². The first-order valence-corrected chi connectivity index (χ1v) is 12.0. The molecule has 0 N–H and O–H groups in total. The third-order valence-corrected chi connectivity index (χ3v) is 5.97. The Morgan fingerprint density at radius 1 is 1.06 bits per heavy atom. The van der Waals surface area contributed by atoms with Crippen LogP contribution in [-0.4, -0.2) is 73.4 Å². The van der Waals surface area contributed by atoms with E-state index in [-0.39, 0.29) is 11.7 Å². The maximum absolute atomic E-state index is 12.5. The van der Waals surface area contributed by atoms with Crippen molar-refractivity contribution in [3.8, 4) is 28.4 Å². The van der Waals surface area contributed by atoms with Crippen LogP contribution in [0.3, 0.4) is 0 Å². The third-order valence-electron chi connectivity index (χ3n) is 5.97. The van der Waals surface area contributed by atoms with Crippen molar-refractivity contribution in [2.24, 2.45) is 7.05 Å². The molecular weight excluding hydrogens is 458 g/mol. The molecule has 186 valence electrons. The van der Waals surface area contributed by atoms with Crippen molar-refractivity contribution in [3.63, 3.8) is 0 Å². The summed E-state index contributed by atoms with van der Waals surface area (Å²) < 4.78 is 14.6. The molecule has 1 aromatic carbocycles. The normalized spacial score (nSPS) is 15.1. The van der Waals surface area contributed by atoms with Gasteiger partial charge in [0.05, 0.1) is 44.0 Å². The molecule has 5 rings (SSSR count). The summed E-state index contributed by atoms with van der Waals surface area (Å²) >= 11 is 0. The number of morpholine rings is 1. The zero-order valence-electron chi connectivity index (χ0n) is 20.4. The highest BCUT2D eigenvalue weighted by molar-refractivity contribution is 5.57. The van der Waals surface area contributed by atoms with Gasteiger partial charge in [-0.1, -0.05) is 18.2 Å². The standard InChI is InChI=1S/C26H29N7O3/c1-19(16-32-8-10-35-11-9-32)36-23-14-27-26(28-15-23)21-5-3-4-20(12-21)17-33-25(34)7-6-24(30-33)22-13-29-31(2)18-22/h3-7,12-15,18-19H,8-11,16-17H2,1-2H3. The first-order chi connectivity index (χ1) is 17.5. The number of ether oxygens (including phenoxy) is 2. The predicted octanol–water partition coefficient (Wildman–Crippen LogP) is 2.25. The Balaban J connectivity index is 1.26. The quantitative estimate of drug-likeness (QED) is 0.373. The van der Waals surface area contributed by atoms with Gasteiger partial charge in [-0.2, -0.15) is 10.2 Å². The van der Waals surface area contributed by atoms with Crippen molar-refractivity contribution in [2.75, 3.05) is 32.8 Å². The minimum absolute atomic E-state index is 0.0223. The van der Waals surface area contributed by atoms with E-state index in [0.717, 1.165) is 49.5 Å². The maximum Gasteiger partial charge on any atom is 0.267 e. The summed E-state index contributed by atoms with van der Waals surface area (Å²) in [6.45, 7) is 6.61. The zero-order valence-corrected chi connectivity index (χ0v) is 20.4. The van der Waals surface area contributed by atoms with Gasteiger partial charge < -0.3 is 9.47 Å². The lowest BCUT2D eigenvalue weighted by Crippen LogP contribution is -2.41. The molecule has 0 radical (unpaired) electrons. The molecule has 1 aliphatic heterocycles. The van der Waals surface area contributed by atoms with Crippen LogP contribution in [0, 0.1) is 0 Å². The Bertz CT molecular complexity index is 1360. The van der Waals surface area contributed by atoms with Crippen LogP contribution in [0.2, 0.25) is 0 Å². The molecule has 0 aliphatic carbocycles. The fourth-order valence-electron chi connectivity index (χ4n) is 4.19. The van der Waals surface area contributed by atoms with Crippen LogP contribution >= 0.6 is 0 Å². The van der Waals surface area contributed by atoms with Gasteiger partial charge in [-0.15, -0.1) is 0 Å². The SMILES string of the molecule is CC(CN1CCOCC1)Oc1cnc(-c2cccc(Cn3nc(-c4cnn(C)c4)ccc3=O)c2)nc1. The second-order valence-electron chi connectivity index (χ2n) is 8.90. The maximum atomic E-state index is 12.5. The van der Waals surface area contributed by atoms with E-state index in [9.17, 15) is 4.79 Å². The fourth-order valence-corrected chi connectivity index (χ4v) is 4.19. The molecule has 1 unspecified atom stereocenters. The van der Waals surface area contributed by atoms with Crippen LogP contribution < -0.4 is 10.3 Å². The van der Waals surface area contributed by atoms with E-state index >= 15 is 0 Å². The van der Waals surface area contributed by atoms with E-state index in [1.807, 2.05) is 44.4 Å². The average Bonchev–Trinajstić information content (AvgIpc) is 3.33. The minimum atomic E-state index is -0.169. The number of hydrogen-bond donors (Lipinski definition) is 0. The summed E-state index contributed by atoms with van der Waals surface area (Å²) in [7, 11) is 1.85. The van der Waals surface area contributed by atoms with Crippen LogP contribution in [-0.2, 0) is 18.3 Å². The van der Waals surface area contributed by atoms with E-state index < -0.39 is 0 Å². The number of aromatic nitrogens is 6. The summed E-state index contributed by atoms with van der Waals surface area (Å²) in [6, 6.07) is 11.1. The Hall–Kier alpha value is -3.89. The lowest BCUT2D eigenvalue weighted by atomic mass is 10.1. The van der Waals surface area contributed by atoms with E-state index in [0.29, 0.717) is 23.8 Å². The lowest BCUT2D eigenvalue weighted by molar-refractivity contribution is 0.0218. The second-order valence-corrected chi connectivity index (χ2v) is 8.90. The van der Waals surface area contributed by atoms with Gasteiger partial charge in [-0.05, 0) is 24.6 Å². The molecule has 10 heteroatoms. The number of benzene rings is 1. The lowest BCUT2D eigenvalue weighted by Gasteiger charge is -2.29. The highest BCUT2D eigenvalue weighted by atomic mass is 16.5. The molecule has 3 aromatic heterocycles. The first-order valence-electron chi connectivity index (χ1n) is 12.0. The molecule has 1 fully saturated rings. The summed E-state index contributed by atoms with van der Waals surface area (Å²) in [4.78, 5) is 23.8. The minimum Gasteiger partial charge on any atom is -0.486 e. The van der Waals surface area contributed by atoms with Crippen molar-refractivity contribution in [2.45, 2.75) is 19.6 Å². The molecule has 0 amide bonds. The van der Waals surface area contributed by atoms with Crippen LogP contribution in [0.25, 0.3) is 22.6 Å². The average molecular weight is 488 g/mol. The van der Waals surface area contributed by atoms with Crippen LogP contribution in [0.15, 0.2) is 66.0 Å². The molecule has 0 saturated carbocycles. The zero-order chi connectivity index (χ0) is 24.9. The smallest absolute Gasteiger partial charge is 0.267 e. The van der Waals surface area contributed by atoms with Gasteiger partial charge in [0.15, 0.2) is 11.6 Å². The first kappa shape index (κ1) is 23.8. The van der Waals surface area contributed by atoms with E-state index in [1.165, 1.54) is 10.7 Å². The van der Waals surface area contributed by atoms with E-state index in [2.05, 4.69) is 25.1 Å². The monoisotopic (exact) mass is 487 g/mol. The van der Waals surface area contributed by atoms with Crippen molar-refractivity contribution in [3.05, 3.63) is 77.1 Å². The molecule has 0 spiro atoms. The van der Waals surface area contributed by atoms with Gasteiger partial charge in [0, 0.05) is 50.1 Å². The molecule has 0 bridgehead atoms. The van der Waals surface area contributed by atoms with Crippen LogP contribution in [0.1, 0.15) is 12.5 Å². The molecule has 4 heterocycles. The van der Waals surface area contributed by atoms with Gasteiger partial charge in [0.25, 0.3) is 5.56 Å². The van der Waals surface area contributed by atoms with E-state index in [1.54, 1.807) is 29.3 Å². The third kappa shape index (κ3) is 5.84. The number of rotatable bonds is 8. The number of nitrogens with zero attached hydrogens (tertiary/aromatic N) is 7. The Kier molecular flexibility index (Phi) is 7.15. The summed E-state index contributed by atoms with van der Waals surface area (Å²) in [5.74, 6) is 1.23. The molecule has 10 nitrogen and oxygen atoms in total. The molecule has 1 aliphatic rings. The molecule has 4 aromatic rings. The summed E-state index contributed by atoms with van der Waals surface area (Å²) in [6.07, 6.45) is 7.02. The van der Waals surface area contributed by atoms with Gasteiger partial charge in [-0.25, -0.2) is 14.6 Å². The van der Waals surface area contributed by atoms with Gasteiger partial charge in [0.1, 0.15) is 6.10 Å². The molecule has 1 saturated heterocycles. The van der Waals surface area contributed by atoms with Crippen molar-refractivity contribution in [1.82, 2.24) is 34.4 Å². The highest BCUT2D eigenvalue weighted by Gasteiger charge is 2.15. The van der Waals surface area contributed by atoms with Crippen molar-refractivity contribution >= 4 is 0 Å². The number of aryl methyl sites for hydroxylation is 1. The molecule has 1 atom stereocenters. The fraction of sp³-hybridized carbons (Fsp3) is 0.346. The Morgan fingerprint density at radius 2 is 1.86 bits per heavy atom. The topological polar surface area (TPSA) is 100 Å². The largest absolute Gasteiger partial charge is 0.486 e. The van der Waals surface area contributed by atoms with Crippen molar-refractivity contribution < 1.29 is 9.47 Å². The highest BCUT2D eigenvalue weighted by Crippen LogP contribution is 2.20. The predicted molar refractivity (Wildman–Crippen MR) is 135 cm³/mol. The van der Waals surface area contributed by atoms with Gasteiger partial charge in [-0.3, -0.25) is 14.4 Å². The summed E-state index contributed by atoms with van der Waals surface area (Å²) in [5, 5.41) is 8.71. The van der Waals surface area contributed by atoms with Gasteiger partial charge >= 0.3 is 0 Å². The van der Waals surface area contributed by atoms with Crippen LogP contribution in [0.4, 0.5) is 0 Å². The molecule has 36 heavy (non-hydrogen) atoms. The second kappa shape index (κ2) is 10.8. The van der Waals surface area contributed by atoms with Crippen molar-refractivity contribution in [1.29, 1.82) is 0 Å². The molecular formula is C26H29N7O3. The Labute approximate surface area is 209 Å². The van der Waals surface area contributed by atoms with Crippen LogP contribution in [0.5, 0.6) is 5.75 Å².